The van der Waals surface area contributed by atoms with Gasteiger partial charge in [-0.3, -0.25) is 4.79 Å². The third-order valence-corrected chi connectivity index (χ3v) is 6.01. The number of hydrogen-bond donors (Lipinski definition) is 0. The third kappa shape index (κ3) is 2.77. The summed E-state index contributed by atoms with van der Waals surface area (Å²) in [5.41, 5.74) is 0.940. The van der Waals surface area contributed by atoms with Crippen molar-refractivity contribution in [2.75, 3.05) is 13.1 Å². The lowest BCUT2D eigenvalue weighted by atomic mass is 9.90. The predicted octanol–water partition coefficient (Wildman–Crippen LogP) is 3.33. The number of aromatic nitrogens is 2. The van der Waals surface area contributed by atoms with Crippen molar-refractivity contribution in [2.45, 2.75) is 51.0 Å². The first-order valence-electron chi connectivity index (χ1n) is 9.50. The normalized spacial score (nSPS) is 23.9. The number of amides is 1. The topological polar surface area (TPSA) is 68.5 Å². The van der Waals surface area contributed by atoms with Crippen LogP contribution in [0.5, 0.6) is 5.75 Å². The van der Waals surface area contributed by atoms with Crippen LogP contribution >= 0.6 is 0 Å². The molecule has 1 amide bonds. The van der Waals surface area contributed by atoms with Crippen molar-refractivity contribution < 1.29 is 13.9 Å². The van der Waals surface area contributed by atoms with Crippen LogP contribution in [0.15, 0.2) is 28.7 Å². The second kappa shape index (κ2) is 5.83. The zero-order valence-corrected chi connectivity index (χ0v) is 15.0. The third-order valence-electron chi connectivity index (χ3n) is 6.01. The maximum absolute atomic E-state index is 13.0. The number of piperidine rings is 1. The fourth-order valence-electron chi connectivity index (χ4n) is 4.14. The molecule has 0 bridgehead atoms. The zero-order valence-electron chi connectivity index (χ0n) is 15.0. The van der Waals surface area contributed by atoms with Crippen LogP contribution in [0.1, 0.15) is 60.2 Å². The highest BCUT2D eigenvalue weighted by Crippen LogP contribution is 2.64. The van der Waals surface area contributed by atoms with Gasteiger partial charge in [-0.15, -0.1) is 10.2 Å². The largest absolute Gasteiger partial charge is 0.490 e. The second-order valence-electron chi connectivity index (χ2n) is 7.88. The number of carbonyl (C=O) groups is 1. The van der Waals surface area contributed by atoms with Gasteiger partial charge in [0.1, 0.15) is 5.75 Å². The average Bonchev–Trinajstić information content (AvgIpc) is 3.56. The van der Waals surface area contributed by atoms with Crippen molar-refractivity contribution in [1.29, 1.82) is 0 Å². The van der Waals surface area contributed by atoms with E-state index in [-0.39, 0.29) is 11.3 Å². The molecular formula is C20H23N3O3. The molecule has 2 saturated carbocycles. The molecule has 1 aromatic heterocycles. The predicted molar refractivity (Wildman–Crippen MR) is 94.1 cm³/mol. The number of aryl methyl sites for hydroxylation is 1. The van der Waals surface area contributed by atoms with E-state index in [1.54, 1.807) is 0 Å². The van der Waals surface area contributed by atoms with Crippen LogP contribution in [-0.4, -0.2) is 40.2 Å². The van der Waals surface area contributed by atoms with Gasteiger partial charge in [-0.05, 0) is 49.7 Å². The van der Waals surface area contributed by atoms with E-state index in [4.69, 9.17) is 9.15 Å². The Morgan fingerprint density at radius 3 is 2.69 bits per heavy atom. The molecule has 1 aliphatic heterocycles. The fraction of sp³-hybridized carbons (Fsp3) is 0.550. The van der Waals surface area contributed by atoms with Crippen molar-refractivity contribution in [3.63, 3.8) is 0 Å². The van der Waals surface area contributed by atoms with Crippen molar-refractivity contribution in [3.05, 3.63) is 41.6 Å². The fourth-order valence-corrected chi connectivity index (χ4v) is 4.14. The van der Waals surface area contributed by atoms with Gasteiger partial charge in [0.25, 0.3) is 5.91 Å². The maximum Gasteiger partial charge on any atom is 0.257 e. The molecule has 1 unspecified atom stereocenters. The van der Waals surface area contributed by atoms with E-state index in [0.29, 0.717) is 23.5 Å². The molecule has 1 atom stereocenters. The quantitative estimate of drug-likeness (QED) is 0.843. The summed E-state index contributed by atoms with van der Waals surface area (Å²) in [5.74, 6) is 2.58. The zero-order chi connectivity index (χ0) is 17.7. The highest BCUT2D eigenvalue weighted by Gasteiger charge is 2.58. The van der Waals surface area contributed by atoms with Crippen LogP contribution < -0.4 is 4.74 Å². The summed E-state index contributed by atoms with van der Waals surface area (Å²) < 4.78 is 11.5. The van der Waals surface area contributed by atoms with Crippen molar-refractivity contribution in [2.24, 2.45) is 5.41 Å². The van der Waals surface area contributed by atoms with Gasteiger partial charge in [-0.2, -0.15) is 0 Å². The SMILES string of the molecule is Cc1nnc(C2CC23CCN(C(=O)c2ccccc2OC2CC2)CC3)o1. The molecule has 2 aliphatic carbocycles. The minimum absolute atomic E-state index is 0.0851. The molecule has 1 aromatic carbocycles. The number of ether oxygens (including phenoxy) is 1. The number of carbonyl (C=O) groups excluding carboxylic acids is 1. The van der Waals surface area contributed by atoms with Gasteiger partial charge in [-0.1, -0.05) is 12.1 Å². The Kier molecular flexibility index (Phi) is 3.55. The summed E-state index contributed by atoms with van der Waals surface area (Å²) in [4.78, 5) is 15.0. The molecule has 3 fully saturated rings. The molecule has 5 rings (SSSR count). The Hall–Kier alpha value is -2.37. The highest BCUT2D eigenvalue weighted by molar-refractivity contribution is 5.97. The minimum atomic E-state index is 0.0851. The molecule has 6 heteroatoms. The van der Waals surface area contributed by atoms with Gasteiger partial charge in [0.2, 0.25) is 11.8 Å². The van der Waals surface area contributed by atoms with Crippen LogP contribution in [0.3, 0.4) is 0 Å². The smallest absolute Gasteiger partial charge is 0.257 e. The summed E-state index contributed by atoms with van der Waals surface area (Å²) in [5, 5.41) is 8.14. The van der Waals surface area contributed by atoms with E-state index >= 15 is 0 Å². The number of rotatable bonds is 4. The Labute approximate surface area is 152 Å². The molecule has 1 saturated heterocycles. The van der Waals surface area contributed by atoms with E-state index in [9.17, 15) is 4.79 Å². The summed E-state index contributed by atoms with van der Waals surface area (Å²) >= 11 is 0. The van der Waals surface area contributed by atoms with E-state index < -0.39 is 0 Å². The van der Waals surface area contributed by atoms with Crippen LogP contribution in [-0.2, 0) is 0 Å². The van der Waals surface area contributed by atoms with E-state index in [2.05, 4.69) is 10.2 Å². The Balaban J connectivity index is 1.25. The molecule has 26 heavy (non-hydrogen) atoms. The number of para-hydroxylation sites is 1. The molecule has 136 valence electrons. The van der Waals surface area contributed by atoms with Crippen molar-refractivity contribution >= 4 is 5.91 Å². The number of hydrogen-bond acceptors (Lipinski definition) is 5. The molecule has 0 radical (unpaired) electrons. The van der Waals surface area contributed by atoms with Crippen LogP contribution in [0.4, 0.5) is 0 Å². The molecule has 0 N–H and O–H groups in total. The number of likely N-dealkylation sites (tertiary alicyclic amines) is 1. The first-order valence-corrected chi connectivity index (χ1v) is 9.50. The van der Waals surface area contributed by atoms with Crippen LogP contribution in [0.25, 0.3) is 0 Å². The Morgan fingerprint density at radius 2 is 2.00 bits per heavy atom. The summed E-state index contributed by atoms with van der Waals surface area (Å²) in [6.07, 6.45) is 5.56. The maximum atomic E-state index is 13.0. The van der Waals surface area contributed by atoms with Crippen molar-refractivity contribution in [1.82, 2.24) is 15.1 Å². The second-order valence-corrected chi connectivity index (χ2v) is 7.88. The summed E-state index contributed by atoms with van der Waals surface area (Å²) in [6, 6.07) is 7.63. The van der Waals surface area contributed by atoms with Gasteiger partial charge in [0.15, 0.2) is 0 Å². The number of nitrogens with zero attached hydrogens (tertiary/aromatic N) is 3. The lowest BCUT2D eigenvalue weighted by Crippen LogP contribution is -2.39. The molecule has 6 nitrogen and oxygen atoms in total. The molecule has 3 aliphatic rings. The van der Waals surface area contributed by atoms with Gasteiger partial charge >= 0.3 is 0 Å². The monoisotopic (exact) mass is 353 g/mol. The first kappa shape index (κ1) is 15.9. The van der Waals surface area contributed by atoms with Crippen LogP contribution in [0.2, 0.25) is 0 Å². The van der Waals surface area contributed by atoms with Gasteiger partial charge in [-0.25, -0.2) is 0 Å². The molecule has 2 heterocycles. The lowest BCUT2D eigenvalue weighted by Gasteiger charge is -2.33. The van der Waals surface area contributed by atoms with Gasteiger partial charge in [0.05, 0.1) is 11.7 Å². The molecule has 1 spiro atoms. The molecular weight excluding hydrogens is 330 g/mol. The van der Waals surface area contributed by atoms with E-state index in [1.165, 1.54) is 0 Å². The lowest BCUT2D eigenvalue weighted by molar-refractivity contribution is 0.0668. The first-order chi connectivity index (χ1) is 12.6. The Morgan fingerprint density at radius 1 is 1.23 bits per heavy atom. The highest BCUT2D eigenvalue weighted by atomic mass is 16.5. The Bertz CT molecular complexity index is 834. The van der Waals surface area contributed by atoms with E-state index in [0.717, 1.165) is 56.8 Å². The van der Waals surface area contributed by atoms with Crippen molar-refractivity contribution in [3.8, 4) is 5.75 Å². The summed E-state index contributed by atoms with van der Waals surface area (Å²) in [6.45, 7) is 3.38. The minimum Gasteiger partial charge on any atom is -0.490 e. The standard InChI is InChI=1S/C20H23N3O3/c1-13-21-22-18(25-13)16-12-20(16)8-10-23(11-9-20)19(24)15-4-2-3-5-17(15)26-14-6-7-14/h2-5,14,16H,6-12H2,1H3. The van der Waals surface area contributed by atoms with E-state index in [1.807, 2.05) is 36.1 Å². The number of benzene rings is 1. The molecule has 2 aromatic rings. The van der Waals surface area contributed by atoms with Crippen LogP contribution in [0, 0.1) is 12.3 Å². The van der Waals surface area contributed by atoms with Gasteiger partial charge in [0, 0.05) is 25.9 Å². The van der Waals surface area contributed by atoms with Gasteiger partial charge < -0.3 is 14.1 Å². The average molecular weight is 353 g/mol. The summed E-state index contributed by atoms with van der Waals surface area (Å²) in [7, 11) is 0.